The minimum atomic E-state index is -1.94. The number of hydrogen-bond donors (Lipinski definition) is 10. The summed E-state index contributed by atoms with van der Waals surface area (Å²) in [5.74, 6) is -2.37. The lowest BCUT2D eigenvalue weighted by Gasteiger charge is -2.44. The molecule has 3 aliphatic heterocycles. The van der Waals surface area contributed by atoms with E-state index in [0.29, 0.717) is 0 Å². The van der Waals surface area contributed by atoms with E-state index in [9.17, 15) is 55.9 Å². The highest BCUT2D eigenvalue weighted by molar-refractivity contribution is 6.05. The van der Waals surface area contributed by atoms with E-state index >= 15 is 0 Å². The molecule has 45 heavy (non-hydrogen) atoms. The van der Waals surface area contributed by atoms with Crippen molar-refractivity contribution in [3.05, 3.63) is 41.5 Å². The van der Waals surface area contributed by atoms with Crippen LogP contribution in [0.5, 0.6) is 28.7 Å². The zero-order valence-corrected chi connectivity index (χ0v) is 23.6. The molecule has 2 unspecified atom stereocenters. The summed E-state index contributed by atoms with van der Waals surface area (Å²) < 4.78 is 33.3. The zero-order valence-electron chi connectivity index (χ0n) is 23.6. The molecule has 2 fully saturated rings. The number of aliphatic hydroxyl groups is 7. The standard InChI is InChI=1S/C28H34O17/c1-40-13-4-9(2-3-11(13)31)25-26(20(35)17-12(32)5-10(30)6-14(17)42-25)45-28-24(39)22(37)19(34)16(44-28)8-41-27-23(38)21(36)18(33)15(7-29)43-27/h2-6,15-16,18-19,21-34,36-39H,7-8H2,1H3/t15-,16-,18-,19-,21+,22+,23-,24-,25?,26?,27-,28+/m1/s1. The Hall–Kier alpha value is -3.33. The first-order chi connectivity index (χ1) is 21.4. The van der Waals surface area contributed by atoms with Gasteiger partial charge in [-0.3, -0.25) is 4.79 Å². The van der Waals surface area contributed by atoms with Crippen molar-refractivity contribution in [3.63, 3.8) is 0 Å². The van der Waals surface area contributed by atoms with Crippen LogP contribution in [0.4, 0.5) is 0 Å². The van der Waals surface area contributed by atoms with Gasteiger partial charge in [0.15, 0.2) is 36.3 Å². The molecule has 17 nitrogen and oxygen atoms in total. The Labute approximate surface area is 254 Å². The summed E-state index contributed by atoms with van der Waals surface area (Å²) in [7, 11) is 1.29. The van der Waals surface area contributed by atoms with Gasteiger partial charge in [-0.1, -0.05) is 6.07 Å². The molecule has 3 heterocycles. The number of Topliss-reactive ketones (excluding diaryl/α,β-unsaturated/α-hetero) is 1. The summed E-state index contributed by atoms with van der Waals surface area (Å²) in [6, 6.07) is 5.97. The topological polar surface area (TPSA) is 275 Å². The van der Waals surface area contributed by atoms with Crippen molar-refractivity contribution in [1.82, 2.24) is 0 Å². The summed E-state index contributed by atoms with van der Waals surface area (Å²) in [4.78, 5) is 13.7. The van der Waals surface area contributed by atoms with Crippen LogP contribution >= 0.6 is 0 Å². The van der Waals surface area contributed by atoms with E-state index in [4.69, 9.17) is 28.4 Å². The number of carbonyl (C=O) groups is 1. The van der Waals surface area contributed by atoms with E-state index in [2.05, 4.69) is 0 Å². The quantitative estimate of drug-likeness (QED) is 0.139. The maximum absolute atomic E-state index is 13.7. The number of hydrogen-bond acceptors (Lipinski definition) is 17. The number of aliphatic hydroxyl groups excluding tert-OH is 7. The molecule has 5 rings (SSSR count). The number of ketones is 1. The largest absolute Gasteiger partial charge is 0.508 e. The molecule has 3 aliphatic rings. The van der Waals surface area contributed by atoms with Crippen LogP contribution in [0.1, 0.15) is 22.0 Å². The fourth-order valence-corrected chi connectivity index (χ4v) is 5.36. The number of rotatable bonds is 8. The molecule has 10 N–H and O–H groups in total. The van der Waals surface area contributed by atoms with Gasteiger partial charge in [-0.05, 0) is 17.7 Å². The summed E-state index contributed by atoms with van der Waals surface area (Å²) in [6.45, 7) is -1.37. The van der Waals surface area contributed by atoms with Gasteiger partial charge in [-0.25, -0.2) is 0 Å². The second-order valence-corrected chi connectivity index (χ2v) is 10.8. The highest BCUT2D eigenvalue weighted by atomic mass is 16.7. The number of phenolic OH excluding ortho intramolecular Hbond substituents is 3. The molecule has 0 aliphatic carbocycles. The van der Waals surface area contributed by atoms with Crippen LogP contribution in [0.3, 0.4) is 0 Å². The lowest BCUT2D eigenvalue weighted by atomic mass is 9.92. The van der Waals surface area contributed by atoms with Crippen LogP contribution in [-0.4, -0.2) is 145 Å². The normalized spacial score (nSPS) is 36.7. The first-order valence-electron chi connectivity index (χ1n) is 13.8. The lowest BCUT2D eigenvalue weighted by Crippen LogP contribution is -2.62. The average molecular weight is 643 g/mol. The molecule has 0 spiro atoms. The van der Waals surface area contributed by atoms with E-state index in [0.717, 1.165) is 12.1 Å². The van der Waals surface area contributed by atoms with E-state index in [-0.39, 0.29) is 28.4 Å². The second-order valence-electron chi connectivity index (χ2n) is 10.8. The third-order valence-corrected chi connectivity index (χ3v) is 7.85. The average Bonchev–Trinajstić information content (AvgIpc) is 3.01. The van der Waals surface area contributed by atoms with Crippen molar-refractivity contribution in [1.29, 1.82) is 0 Å². The molecule has 248 valence electrons. The monoisotopic (exact) mass is 642 g/mol. The summed E-state index contributed by atoms with van der Waals surface area (Å²) in [5.41, 5.74) is -0.155. The van der Waals surface area contributed by atoms with Crippen LogP contribution < -0.4 is 9.47 Å². The van der Waals surface area contributed by atoms with Gasteiger partial charge in [0.1, 0.15) is 71.6 Å². The lowest BCUT2D eigenvalue weighted by molar-refractivity contribution is -0.335. The molecule has 12 atom stereocenters. The first-order valence-corrected chi connectivity index (χ1v) is 13.8. The van der Waals surface area contributed by atoms with Crippen LogP contribution in [0, 0.1) is 0 Å². The molecule has 0 saturated carbocycles. The Bertz CT molecular complexity index is 1370. The number of aromatic hydroxyl groups is 3. The Kier molecular flexibility index (Phi) is 9.68. The number of carbonyl (C=O) groups excluding carboxylic acids is 1. The van der Waals surface area contributed by atoms with Gasteiger partial charge in [-0.2, -0.15) is 0 Å². The van der Waals surface area contributed by atoms with E-state index in [1.807, 2.05) is 0 Å². The molecule has 0 aromatic heterocycles. The van der Waals surface area contributed by atoms with Gasteiger partial charge in [0.2, 0.25) is 5.78 Å². The van der Waals surface area contributed by atoms with E-state index in [1.54, 1.807) is 0 Å². The van der Waals surface area contributed by atoms with Crippen LogP contribution in [0.2, 0.25) is 0 Å². The van der Waals surface area contributed by atoms with E-state index in [1.165, 1.54) is 25.3 Å². The van der Waals surface area contributed by atoms with Gasteiger partial charge in [0.25, 0.3) is 0 Å². The van der Waals surface area contributed by atoms with Gasteiger partial charge in [0.05, 0.1) is 20.3 Å². The molecular formula is C28H34O17. The fourth-order valence-electron chi connectivity index (χ4n) is 5.36. The molecule has 2 aromatic carbocycles. The van der Waals surface area contributed by atoms with Crippen LogP contribution in [0.15, 0.2) is 30.3 Å². The maximum atomic E-state index is 13.7. The van der Waals surface area contributed by atoms with Gasteiger partial charge < -0.3 is 79.5 Å². The molecule has 2 saturated heterocycles. The number of benzene rings is 2. The number of fused-ring (bicyclic) bond motifs is 1. The Morgan fingerprint density at radius 2 is 1.42 bits per heavy atom. The van der Waals surface area contributed by atoms with Crippen molar-refractivity contribution in [2.24, 2.45) is 0 Å². The minimum Gasteiger partial charge on any atom is -0.508 e. The number of methoxy groups -OCH3 is 1. The number of ether oxygens (including phenoxy) is 6. The second kappa shape index (κ2) is 13.2. The van der Waals surface area contributed by atoms with Crippen molar-refractivity contribution in [3.8, 4) is 28.7 Å². The molecule has 0 radical (unpaired) electrons. The number of phenols is 3. The fraction of sp³-hybridized carbons (Fsp3) is 0.536. The molecule has 0 amide bonds. The van der Waals surface area contributed by atoms with Crippen molar-refractivity contribution in [2.45, 2.75) is 73.6 Å². The predicted octanol–water partition coefficient (Wildman–Crippen LogP) is -2.86. The summed E-state index contributed by atoms with van der Waals surface area (Å²) >= 11 is 0. The Balaban J connectivity index is 1.40. The van der Waals surface area contributed by atoms with Crippen molar-refractivity contribution in [2.75, 3.05) is 20.3 Å². The molecule has 17 heteroatoms. The predicted molar refractivity (Wildman–Crippen MR) is 143 cm³/mol. The Morgan fingerprint density at radius 1 is 0.778 bits per heavy atom. The SMILES string of the molecule is COc1cc(C2Oc3cc(O)cc(O)c3C(=O)C2O[C@@H]2O[C@H](CO[C@@H]3O[C@H](CO)[C@@H](O)[C@H](O)[C@H]3O)[C@@H](O)[C@H](O)[C@H]2O)ccc1O. The molecule has 0 bridgehead atoms. The van der Waals surface area contributed by atoms with Crippen LogP contribution in [-0.2, 0) is 18.9 Å². The first kappa shape index (κ1) is 33.0. The Morgan fingerprint density at radius 3 is 2.09 bits per heavy atom. The highest BCUT2D eigenvalue weighted by Crippen LogP contribution is 2.44. The third kappa shape index (κ3) is 6.25. The third-order valence-electron chi connectivity index (χ3n) is 7.85. The smallest absolute Gasteiger partial charge is 0.203 e. The zero-order chi connectivity index (χ0) is 32.7. The van der Waals surface area contributed by atoms with Crippen molar-refractivity contribution < 1.29 is 84.3 Å². The summed E-state index contributed by atoms with van der Waals surface area (Å²) in [5, 5.41) is 102. The van der Waals surface area contributed by atoms with Gasteiger partial charge in [-0.15, -0.1) is 0 Å². The van der Waals surface area contributed by atoms with Gasteiger partial charge >= 0.3 is 0 Å². The maximum Gasteiger partial charge on any atom is 0.203 e. The molecular weight excluding hydrogens is 608 g/mol. The highest BCUT2D eigenvalue weighted by Gasteiger charge is 2.50. The van der Waals surface area contributed by atoms with Crippen LogP contribution in [0.25, 0.3) is 0 Å². The van der Waals surface area contributed by atoms with Crippen molar-refractivity contribution >= 4 is 5.78 Å². The molecule has 2 aromatic rings. The minimum absolute atomic E-state index is 0.00440. The summed E-state index contributed by atoms with van der Waals surface area (Å²) in [6.07, 6.45) is -20.1. The van der Waals surface area contributed by atoms with Gasteiger partial charge in [0, 0.05) is 12.1 Å². The van der Waals surface area contributed by atoms with E-state index < -0.39 is 104 Å².